The van der Waals surface area contributed by atoms with Gasteiger partial charge in [-0.15, -0.1) is 0 Å². The molecule has 6 aliphatic rings. The zero-order chi connectivity index (χ0) is 26.9. The minimum atomic E-state index is -0.599. The SMILES string of the molecule is [2H]N1CC2=C(C=C1NC1CC3(C1)CN(C(C)=O)C3)C(=O)N(C[C@H](O)CN1CCc3ccccc3C1)CC21CC1. The summed E-state index contributed by atoms with van der Waals surface area (Å²) in [4.78, 5) is 31.3. The molecule has 202 valence electrons. The van der Waals surface area contributed by atoms with Crippen LogP contribution in [0.1, 0.15) is 43.7 Å². The lowest BCUT2D eigenvalue weighted by molar-refractivity contribution is -0.149. The Morgan fingerprint density at radius 3 is 2.71 bits per heavy atom. The van der Waals surface area contributed by atoms with Crippen molar-refractivity contribution in [3.8, 4) is 0 Å². The lowest BCUT2D eigenvalue weighted by Crippen LogP contribution is -2.67. The minimum absolute atomic E-state index is 0.0147. The van der Waals surface area contributed by atoms with Crippen LogP contribution in [0, 0.1) is 10.8 Å². The summed E-state index contributed by atoms with van der Waals surface area (Å²) in [6.45, 7) is 7.06. The quantitative estimate of drug-likeness (QED) is 0.527. The minimum Gasteiger partial charge on any atom is -0.390 e. The predicted octanol–water partition coefficient (Wildman–Crippen LogP) is 1.37. The van der Waals surface area contributed by atoms with Crippen LogP contribution in [0.3, 0.4) is 0 Å². The van der Waals surface area contributed by atoms with Gasteiger partial charge in [0.05, 0.1) is 11.9 Å². The molecule has 3 fully saturated rings. The van der Waals surface area contributed by atoms with Crippen LogP contribution in [0.25, 0.3) is 0 Å². The molecular weight excluding hydrogens is 478 g/mol. The van der Waals surface area contributed by atoms with Crippen LogP contribution in [0.4, 0.5) is 0 Å². The molecule has 3 N–H and O–H groups in total. The van der Waals surface area contributed by atoms with E-state index in [1.54, 1.807) is 6.92 Å². The number of β-amino-alcohol motifs (C(OH)–C–C–N with tert-alkyl or cyclic N) is 1. The topological polar surface area (TPSA) is 88.1 Å². The molecular formula is C30H39N5O3. The first-order chi connectivity index (χ1) is 18.7. The number of benzene rings is 1. The van der Waals surface area contributed by atoms with E-state index in [0.29, 0.717) is 32.0 Å². The molecule has 8 nitrogen and oxygen atoms in total. The number of hydrogen-bond donors (Lipinski definition) is 3. The normalized spacial score (nSPS) is 26.8. The molecule has 2 saturated carbocycles. The van der Waals surface area contributed by atoms with Gasteiger partial charge in [0.25, 0.3) is 5.91 Å². The number of rotatable bonds is 6. The van der Waals surface area contributed by atoms with Gasteiger partial charge >= 0.3 is 0 Å². The van der Waals surface area contributed by atoms with Crippen molar-refractivity contribution in [1.82, 2.24) is 25.3 Å². The summed E-state index contributed by atoms with van der Waals surface area (Å²) in [6, 6.07) is 8.78. The van der Waals surface area contributed by atoms with Crippen molar-refractivity contribution in [2.75, 3.05) is 45.8 Å². The number of likely N-dealkylation sites (tertiary alicyclic amines) is 1. The monoisotopic (exact) mass is 518 g/mol. The summed E-state index contributed by atoms with van der Waals surface area (Å²) >= 11 is 0. The molecule has 1 atom stereocenters. The van der Waals surface area contributed by atoms with E-state index < -0.39 is 6.10 Å². The van der Waals surface area contributed by atoms with E-state index in [9.17, 15) is 14.7 Å². The van der Waals surface area contributed by atoms with Crippen molar-refractivity contribution >= 4 is 11.8 Å². The van der Waals surface area contributed by atoms with Crippen molar-refractivity contribution < 1.29 is 16.1 Å². The van der Waals surface area contributed by atoms with E-state index in [0.717, 1.165) is 69.4 Å². The van der Waals surface area contributed by atoms with Gasteiger partial charge in [-0.2, -0.15) is 0 Å². The summed E-state index contributed by atoms with van der Waals surface area (Å²) in [5, 5.41) is 16.1. The van der Waals surface area contributed by atoms with Gasteiger partial charge in [0, 0.05) is 81.7 Å². The molecule has 0 bridgehead atoms. The zero-order valence-corrected chi connectivity index (χ0v) is 22.3. The fourth-order valence-electron chi connectivity index (χ4n) is 7.57. The van der Waals surface area contributed by atoms with Crippen LogP contribution < -0.4 is 10.6 Å². The largest absolute Gasteiger partial charge is 0.390 e. The van der Waals surface area contributed by atoms with E-state index in [4.69, 9.17) is 1.41 Å². The summed E-state index contributed by atoms with van der Waals surface area (Å²) in [5.74, 6) is 0.818. The van der Waals surface area contributed by atoms with Crippen molar-refractivity contribution in [2.24, 2.45) is 10.8 Å². The highest BCUT2D eigenvalue weighted by Crippen LogP contribution is 2.56. The number of carbonyl (C=O) groups is 2. The van der Waals surface area contributed by atoms with Crippen molar-refractivity contribution in [3.63, 3.8) is 0 Å². The van der Waals surface area contributed by atoms with Gasteiger partial charge in [0.1, 0.15) is 0 Å². The van der Waals surface area contributed by atoms with Crippen LogP contribution in [0.15, 0.2) is 47.3 Å². The molecule has 2 spiro atoms. The first-order valence-corrected chi connectivity index (χ1v) is 14.2. The predicted molar refractivity (Wildman–Crippen MR) is 144 cm³/mol. The smallest absolute Gasteiger partial charge is 0.254 e. The highest BCUT2D eigenvalue weighted by molar-refractivity contribution is 5.99. The van der Waals surface area contributed by atoms with Gasteiger partial charge in [0.2, 0.25) is 5.91 Å². The van der Waals surface area contributed by atoms with Crippen LogP contribution in [0.5, 0.6) is 0 Å². The zero-order valence-electron chi connectivity index (χ0n) is 23.3. The molecule has 2 amide bonds. The van der Waals surface area contributed by atoms with E-state index in [2.05, 4.69) is 34.5 Å². The molecule has 1 saturated heterocycles. The maximum absolute atomic E-state index is 13.7. The molecule has 0 radical (unpaired) electrons. The van der Waals surface area contributed by atoms with Crippen LogP contribution >= 0.6 is 0 Å². The molecule has 1 aromatic rings. The number of amides is 2. The highest BCUT2D eigenvalue weighted by atomic mass is 16.3. The van der Waals surface area contributed by atoms with E-state index in [-0.39, 0.29) is 28.7 Å². The second kappa shape index (κ2) is 8.85. The Balaban J connectivity index is 0.998. The number of aliphatic hydroxyl groups excluding tert-OH is 1. The summed E-state index contributed by atoms with van der Waals surface area (Å²) in [5.41, 5.74) is 4.76. The summed E-state index contributed by atoms with van der Waals surface area (Å²) in [7, 11) is 0. The Hall–Kier alpha value is -2.84. The number of nitrogens with one attached hydrogen (secondary N) is 2. The number of dihydropyridines is 1. The second-order valence-electron chi connectivity index (χ2n) is 12.7. The lowest BCUT2D eigenvalue weighted by Gasteiger charge is -2.59. The Labute approximate surface area is 226 Å². The standard InChI is InChI=1S/C30H39N5O3/c1-20(36)35-17-29(18-35)11-23(12-29)32-27-10-25-26(13-31-27)30(7-8-30)19-34(28(25)38)16-24(37)15-33-9-6-21-4-2-3-5-22(21)14-33/h2-5,10,23-24,31-32,37H,6-9,11-19H2,1H3/t24-/m1/s1/i/hD. The highest BCUT2D eigenvalue weighted by Gasteiger charge is 2.55. The number of nitrogens with zero attached hydrogens (tertiary/aromatic N) is 3. The molecule has 4 heterocycles. The van der Waals surface area contributed by atoms with Crippen molar-refractivity contribution in [2.45, 2.75) is 57.7 Å². The van der Waals surface area contributed by atoms with Crippen LogP contribution in [0.2, 0.25) is 1.41 Å². The fraction of sp³-hybridized carbons (Fsp3) is 0.600. The van der Waals surface area contributed by atoms with Crippen LogP contribution in [-0.4, -0.2) is 89.6 Å². The number of aliphatic hydroxyl groups is 1. The molecule has 8 heteroatoms. The molecule has 2 aliphatic carbocycles. The van der Waals surface area contributed by atoms with Gasteiger partial charge < -0.3 is 25.5 Å². The first-order valence-electron chi connectivity index (χ1n) is 14.7. The maximum atomic E-state index is 13.7. The van der Waals surface area contributed by atoms with E-state index in [1.165, 1.54) is 16.4 Å². The van der Waals surface area contributed by atoms with E-state index in [1.807, 2.05) is 15.9 Å². The average molecular weight is 519 g/mol. The van der Waals surface area contributed by atoms with E-state index >= 15 is 0 Å². The molecule has 0 unspecified atom stereocenters. The van der Waals surface area contributed by atoms with Crippen molar-refractivity contribution in [3.05, 3.63) is 58.4 Å². The third-order valence-corrected chi connectivity index (χ3v) is 9.84. The number of fused-ring (bicyclic) bond motifs is 2. The van der Waals surface area contributed by atoms with Gasteiger partial charge in [-0.25, -0.2) is 0 Å². The summed E-state index contributed by atoms with van der Waals surface area (Å²) < 4.78 is 8.66. The number of hydrogen-bond acceptors (Lipinski definition) is 6. The molecule has 4 aliphatic heterocycles. The first kappa shape index (κ1) is 23.1. The second-order valence-corrected chi connectivity index (χ2v) is 12.7. The van der Waals surface area contributed by atoms with Gasteiger partial charge in [0.15, 0.2) is 1.41 Å². The summed E-state index contributed by atoms with van der Waals surface area (Å²) in [6.07, 6.45) is 6.34. The Kier molecular flexibility index (Phi) is 5.37. The van der Waals surface area contributed by atoms with Gasteiger partial charge in [-0.3, -0.25) is 14.5 Å². The lowest BCUT2D eigenvalue weighted by atomic mass is 9.60. The van der Waals surface area contributed by atoms with Gasteiger partial charge in [-0.1, -0.05) is 24.3 Å². The third kappa shape index (κ3) is 4.22. The average Bonchev–Trinajstić information content (AvgIpc) is 3.63. The number of carbonyl (C=O) groups excluding carboxylic acids is 2. The molecule has 7 rings (SSSR count). The van der Waals surface area contributed by atoms with Crippen LogP contribution in [-0.2, 0) is 22.6 Å². The molecule has 0 aromatic heterocycles. The fourth-order valence-corrected chi connectivity index (χ4v) is 7.57. The molecule has 38 heavy (non-hydrogen) atoms. The Morgan fingerprint density at radius 1 is 1.21 bits per heavy atom. The Morgan fingerprint density at radius 2 is 1.97 bits per heavy atom. The molecule has 1 aromatic carbocycles. The maximum Gasteiger partial charge on any atom is 0.254 e. The Bertz CT molecular complexity index is 1260. The van der Waals surface area contributed by atoms with Gasteiger partial charge in [-0.05, 0) is 54.9 Å². The van der Waals surface area contributed by atoms with Crippen molar-refractivity contribution in [1.29, 1.82) is 0 Å². The third-order valence-electron chi connectivity index (χ3n) is 9.84.